The van der Waals surface area contributed by atoms with Gasteiger partial charge in [-0.1, -0.05) is 60.7 Å². The summed E-state index contributed by atoms with van der Waals surface area (Å²) >= 11 is 0. The lowest BCUT2D eigenvalue weighted by Crippen LogP contribution is -2.66. The molecule has 0 aromatic heterocycles. The molecule has 4 amide bonds. The zero-order chi connectivity index (χ0) is 32.7. The molecule has 2 aromatic rings. The van der Waals surface area contributed by atoms with Crippen molar-refractivity contribution in [1.82, 2.24) is 21.3 Å². The van der Waals surface area contributed by atoms with E-state index in [0.29, 0.717) is 30.5 Å². The fourth-order valence-corrected chi connectivity index (χ4v) is 4.11. The van der Waals surface area contributed by atoms with Gasteiger partial charge in [-0.3, -0.25) is 14.4 Å². The Morgan fingerprint density at radius 1 is 0.841 bits per heavy atom. The molecule has 1 unspecified atom stereocenters. The number of unbranched alkanes of at least 4 members (excludes halogenated alkanes) is 1. The van der Waals surface area contributed by atoms with Crippen LogP contribution < -0.4 is 27.0 Å². The van der Waals surface area contributed by atoms with Crippen molar-refractivity contribution >= 4 is 29.8 Å². The van der Waals surface area contributed by atoms with Crippen LogP contribution in [0.3, 0.4) is 0 Å². The van der Waals surface area contributed by atoms with Crippen LogP contribution in [0.5, 0.6) is 0 Å². The highest BCUT2D eigenvalue weighted by molar-refractivity contribution is 5.96. The van der Waals surface area contributed by atoms with E-state index >= 15 is 0 Å². The molecule has 0 aliphatic rings. The highest BCUT2D eigenvalue weighted by atomic mass is 19.3. The zero-order valence-corrected chi connectivity index (χ0v) is 24.6. The number of ether oxygens (including phenoxy) is 1. The summed E-state index contributed by atoms with van der Waals surface area (Å²) in [6.45, 7) is 2.62. The van der Waals surface area contributed by atoms with Gasteiger partial charge in [0.1, 0.15) is 24.7 Å². The molecule has 12 nitrogen and oxygen atoms in total. The SMILES string of the molecule is C[C@H](NC(=O)[C@H](C)NC(=O)C(Cc1ccccc1)(NC(=O)OCc1ccccc1)C(F)F)C(=O)N[C@@H](CCCCN)C(=O)O. The number of benzene rings is 2. The standard InChI is InChI=1S/C30H39F2N5O7/c1-19(25(39)36-23(26(40)41)15-9-10-16-33)34-24(38)20(2)35-28(42)30(27(31)32,17-21-11-5-3-6-12-21)37-29(43)44-18-22-13-7-4-8-14-22/h3-8,11-14,19-20,23,27H,9-10,15-18,33H2,1-2H3,(H,34,38)(H,35,42)(H,36,39)(H,37,43)(H,40,41)/t19-,20-,23-,30?/m0/s1. The van der Waals surface area contributed by atoms with Crippen LogP contribution in [0, 0.1) is 0 Å². The summed E-state index contributed by atoms with van der Waals surface area (Å²) in [6, 6.07) is 12.4. The summed E-state index contributed by atoms with van der Waals surface area (Å²) in [7, 11) is 0. The largest absolute Gasteiger partial charge is 0.480 e. The first-order valence-corrected chi connectivity index (χ1v) is 14.0. The van der Waals surface area contributed by atoms with Gasteiger partial charge in [-0.25, -0.2) is 18.4 Å². The van der Waals surface area contributed by atoms with Crippen LogP contribution in [-0.2, 0) is 36.9 Å². The highest BCUT2D eigenvalue weighted by Crippen LogP contribution is 2.23. The van der Waals surface area contributed by atoms with Crippen molar-refractivity contribution in [1.29, 1.82) is 0 Å². The van der Waals surface area contributed by atoms with Crippen LogP contribution >= 0.6 is 0 Å². The molecule has 0 bridgehead atoms. The molecule has 4 atom stereocenters. The molecular weight excluding hydrogens is 580 g/mol. The van der Waals surface area contributed by atoms with E-state index in [1.165, 1.54) is 26.0 Å². The Labute approximate surface area is 254 Å². The zero-order valence-electron chi connectivity index (χ0n) is 24.6. The summed E-state index contributed by atoms with van der Waals surface area (Å²) in [6.07, 6.45) is -4.19. The Morgan fingerprint density at radius 2 is 1.39 bits per heavy atom. The number of hydrogen-bond donors (Lipinski definition) is 6. The number of hydrogen-bond acceptors (Lipinski definition) is 7. The predicted molar refractivity (Wildman–Crippen MR) is 156 cm³/mol. The number of carbonyl (C=O) groups excluding carboxylic acids is 4. The third kappa shape index (κ3) is 10.9. The molecule has 0 heterocycles. The minimum atomic E-state index is -3.43. The van der Waals surface area contributed by atoms with Gasteiger partial charge in [0.25, 0.3) is 12.3 Å². The average Bonchev–Trinajstić information content (AvgIpc) is 2.99. The van der Waals surface area contributed by atoms with E-state index in [0.717, 1.165) is 0 Å². The van der Waals surface area contributed by atoms with Crippen molar-refractivity contribution < 1.29 is 42.6 Å². The van der Waals surface area contributed by atoms with Gasteiger partial charge >= 0.3 is 12.1 Å². The van der Waals surface area contributed by atoms with E-state index in [1.807, 2.05) is 5.32 Å². The summed E-state index contributed by atoms with van der Waals surface area (Å²) in [4.78, 5) is 62.9. The lowest BCUT2D eigenvalue weighted by Gasteiger charge is -2.33. The minimum absolute atomic E-state index is 0.128. The second-order valence-electron chi connectivity index (χ2n) is 10.2. The third-order valence-electron chi connectivity index (χ3n) is 6.70. The quantitative estimate of drug-likeness (QED) is 0.145. The van der Waals surface area contributed by atoms with E-state index in [2.05, 4.69) is 16.0 Å². The van der Waals surface area contributed by atoms with Crippen molar-refractivity contribution in [2.45, 2.75) is 76.2 Å². The normalized spacial score (nSPS) is 14.3. The monoisotopic (exact) mass is 619 g/mol. The van der Waals surface area contributed by atoms with Crippen molar-refractivity contribution in [3.63, 3.8) is 0 Å². The first kappa shape index (κ1) is 35.6. The van der Waals surface area contributed by atoms with Crippen LogP contribution in [0.1, 0.15) is 44.2 Å². The number of nitrogens with one attached hydrogen (secondary N) is 4. The molecule has 0 radical (unpaired) electrons. The first-order chi connectivity index (χ1) is 20.9. The van der Waals surface area contributed by atoms with E-state index in [4.69, 9.17) is 10.5 Å². The molecule has 14 heteroatoms. The van der Waals surface area contributed by atoms with Crippen LogP contribution in [-0.4, -0.2) is 71.5 Å². The fourth-order valence-electron chi connectivity index (χ4n) is 4.11. The second kappa shape index (κ2) is 17.5. The number of rotatable bonds is 17. The summed E-state index contributed by atoms with van der Waals surface area (Å²) < 4.78 is 34.6. The Bertz CT molecular complexity index is 1250. The molecule has 0 fully saturated rings. The lowest BCUT2D eigenvalue weighted by atomic mass is 9.89. The Kier molecular flexibility index (Phi) is 14.2. The number of halogens is 2. The predicted octanol–water partition coefficient (Wildman–Crippen LogP) is 1.87. The molecule has 7 N–H and O–H groups in total. The number of carbonyl (C=O) groups is 5. The van der Waals surface area contributed by atoms with Crippen LogP contribution in [0.2, 0.25) is 0 Å². The molecule has 2 aromatic carbocycles. The van der Waals surface area contributed by atoms with Gasteiger partial charge in [-0.2, -0.15) is 0 Å². The van der Waals surface area contributed by atoms with Crippen LogP contribution in [0.4, 0.5) is 13.6 Å². The Hall–Kier alpha value is -4.59. The van der Waals surface area contributed by atoms with Crippen LogP contribution in [0.25, 0.3) is 0 Å². The van der Waals surface area contributed by atoms with Gasteiger partial charge in [-0.05, 0) is 50.8 Å². The highest BCUT2D eigenvalue weighted by Gasteiger charge is 2.50. The van der Waals surface area contributed by atoms with E-state index < -0.39 is 66.3 Å². The molecule has 44 heavy (non-hydrogen) atoms. The molecule has 0 saturated heterocycles. The van der Waals surface area contributed by atoms with Crippen LogP contribution in [0.15, 0.2) is 60.7 Å². The molecule has 2 rings (SSSR count). The van der Waals surface area contributed by atoms with E-state index in [1.54, 1.807) is 48.5 Å². The number of amides is 4. The maximum Gasteiger partial charge on any atom is 0.408 e. The summed E-state index contributed by atoms with van der Waals surface area (Å²) in [5.74, 6) is -4.33. The summed E-state index contributed by atoms with van der Waals surface area (Å²) in [5.41, 5.74) is 3.48. The number of alkyl halides is 2. The van der Waals surface area contributed by atoms with Gasteiger partial charge in [0.05, 0.1) is 0 Å². The molecular formula is C30H39F2N5O7. The molecule has 0 saturated carbocycles. The molecule has 0 spiro atoms. The number of carboxylic acids is 1. The minimum Gasteiger partial charge on any atom is -0.480 e. The van der Waals surface area contributed by atoms with Gasteiger partial charge in [0, 0.05) is 6.42 Å². The number of alkyl carbamates (subject to hydrolysis) is 1. The fraction of sp³-hybridized carbons (Fsp3) is 0.433. The maximum atomic E-state index is 14.7. The third-order valence-corrected chi connectivity index (χ3v) is 6.70. The maximum absolute atomic E-state index is 14.7. The molecule has 0 aliphatic heterocycles. The smallest absolute Gasteiger partial charge is 0.408 e. The van der Waals surface area contributed by atoms with Gasteiger partial charge in [-0.15, -0.1) is 0 Å². The number of aliphatic carboxylic acids is 1. The van der Waals surface area contributed by atoms with Gasteiger partial charge < -0.3 is 36.8 Å². The number of nitrogens with two attached hydrogens (primary N) is 1. The molecule has 0 aliphatic carbocycles. The van der Waals surface area contributed by atoms with Crippen molar-refractivity contribution in [2.24, 2.45) is 5.73 Å². The topological polar surface area (TPSA) is 189 Å². The van der Waals surface area contributed by atoms with Crippen molar-refractivity contribution in [3.8, 4) is 0 Å². The summed E-state index contributed by atoms with van der Waals surface area (Å²) in [5, 5.41) is 18.3. The molecule has 240 valence electrons. The first-order valence-electron chi connectivity index (χ1n) is 14.0. The van der Waals surface area contributed by atoms with Crippen molar-refractivity contribution in [2.75, 3.05) is 6.54 Å². The van der Waals surface area contributed by atoms with Gasteiger partial charge in [0.2, 0.25) is 11.8 Å². The van der Waals surface area contributed by atoms with Crippen molar-refractivity contribution in [3.05, 3.63) is 71.8 Å². The second-order valence-corrected chi connectivity index (χ2v) is 10.2. The Morgan fingerprint density at radius 3 is 1.93 bits per heavy atom. The average molecular weight is 620 g/mol. The Balaban J connectivity index is 2.14. The lowest BCUT2D eigenvalue weighted by molar-refractivity contribution is -0.142. The van der Waals surface area contributed by atoms with E-state index in [9.17, 15) is 37.9 Å². The van der Waals surface area contributed by atoms with Gasteiger partial charge in [0.15, 0.2) is 5.54 Å². The van der Waals surface area contributed by atoms with E-state index in [-0.39, 0.29) is 13.0 Å². The number of carboxylic acid groups (broad SMARTS) is 1.